The number of nitrogens with one attached hydrogen (secondary N) is 2. The normalized spacial score (nSPS) is 10.9. The minimum atomic E-state index is 0.955. The van der Waals surface area contributed by atoms with Gasteiger partial charge in [0.15, 0.2) is 0 Å². The van der Waals surface area contributed by atoms with E-state index in [0.717, 1.165) is 24.5 Å². The van der Waals surface area contributed by atoms with Crippen molar-refractivity contribution in [3.05, 3.63) is 30.0 Å². The van der Waals surface area contributed by atoms with Crippen molar-refractivity contribution in [2.45, 2.75) is 13.3 Å². The first-order valence-corrected chi connectivity index (χ1v) is 5.54. The van der Waals surface area contributed by atoms with Gasteiger partial charge in [0.2, 0.25) is 0 Å². The Bertz CT molecular complexity index is 454. The number of aryl methyl sites for hydroxylation is 1. The van der Waals surface area contributed by atoms with Crippen molar-refractivity contribution in [2.75, 3.05) is 13.6 Å². The second-order valence-corrected chi connectivity index (χ2v) is 3.97. The summed E-state index contributed by atoms with van der Waals surface area (Å²) in [4.78, 5) is 7.69. The van der Waals surface area contributed by atoms with Gasteiger partial charge in [-0.05, 0) is 20.0 Å². The maximum atomic E-state index is 4.61. The second-order valence-electron chi connectivity index (χ2n) is 3.97. The lowest BCUT2D eigenvalue weighted by Crippen LogP contribution is -2.13. The van der Waals surface area contributed by atoms with Gasteiger partial charge >= 0.3 is 0 Å². The quantitative estimate of drug-likeness (QED) is 0.816. The molecule has 0 amide bonds. The number of aromatic nitrogens is 3. The minimum Gasteiger partial charge on any atom is -0.367 e. The molecule has 16 heavy (non-hydrogen) atoms. The summed E-state index contributed by atoms with van der Waals surface area (Å²) >= 11 is 0. The van der Waals surface area contributed by atoms with Gasteiger partial charge in [0.25, 0.3) is 0 Å². The maximum absolute atomic E-state index is 4.61. The van der Waals surface area contributed by atoms with Crippen molar-refractivity contribution in [1.29, 1.82) is 0 Å². The number of hydrogen-bond acceptors (Lipinski definition) is 2. The Morgan fingerprint density at radius 3 is 2.94 bits per heavy atom. The lowest BCUT2D eigenvalue weighted by atomic mass is 10.2. The van der Waals surface area contributed by atoms with Crippen LogP contribution in [0.4, 0.5) is 0 Å². The summed E-state index contributed by atoms with van der Waals surface area (Å²) in [6, 6.07) is 2.08. The highest BCUT2D eigenvalue weighted by Crippen LogP contribution is 2.23. The van der Waals surface area contributed by atoms with E-state index in [0.29, 0.717) is 0 Å². The number of H-pyrrole nitrogens is 1. The summed E-state index contributed by atoms with van der Waals surface area (Å²) < 4.78 is 2.18. The van der Waals surface area contributed by atoms with E-state index in [-0.39, 0.29) is 0 Å². The Morgan fingerprint density at radius 1 is 1.50 bits per heavy atom. The summed E-state index contributed by atoms with van der Waals surface area (Å²) in [5.41, 5.74) is 3.49. The van der Waals surface area contributed by atoms with Gasteiger partial charge in [0.05, 0.1) is 11.4 Å². The van der Waals surface area contributed by atoms with E-state index >= 15 is 0 Å². The Hall–Kier alpha value is -1.55. The van der Waals surface area contributed by atoms with Crippen LogP contribution in [0.25, 0.3) is 11.3 Å². The van der Waals surface area contributed by atoms with E-state index in [1.807, 2.05) is 19.4 Å². The molecular weight excluding hydrogens is 200 g/mol. The highest BCUT2D eigenvalue weighted by molar-refractivity contribution is 5.61. The zero-order chi connectivity index (χ0) is 11.5. The van der Waals surface area contributed by atoms with Crippen LogP contribution in [0.15, 0.2) is 18.5 Å². The zero-order valence-corrected chi connectivity index (χ0v) is 10.0. The molecule has 0 aromatic carbocycles. The second kappa shape index (κ2) is 4.53. The summed E-state index contributed by atoms with van der Waals surface area (Å²) in [7, 11) is 4.04. The molecule has 0 aliphatic carbocycles. The van der Waals surface area contributed by atoms with E-state index in [4.69, 9.17) is 0 Å². The molecule has 0 spiro atoms. The lowest BCUT2D eigenvalue weighted by Gasteiger charge is -2.04. The molecule has 0 radical (unpaired) electrons. The van der Waals surface area contributed by atoms with Gasteiger partial charge in [0.1, 0.15) is 5.82 Å². The van der Waals surface area contributed by atoms with Crippen molar-refractivity contribution in [3.8, 4) is 11.3 Å². The molecule has 2 heterocycles. The SMILES string of the molecule is CNCCc1nc(C)c(-c2cc[nH]c2)n1C. The van der Waals surface area contributed by atoms with Crippen molar-refractivity contribution < 1.29 is 0 Å². The molecule has 86 valence electrons. The van der Waals surface area contributed by atoms with Gasteiger partial charge in [0, 0.05) is 38.0 Å². The molecule has 2 N–H and O–H groups in total. The third-order valence-electron chi connectivity index (χ3n) is 2.83. The van der Waals surface area contributed by atoms with E-state index in [9.17, 15) is 0 Å². The molecule has 0 atom stereocenters. The molecular formula is C12H18N4. The van der Waals surface area contributed by atoms with Crippen LogP contribution in [0.3, 0.4) is 0 Å². The molecule has 0 aliphatic heterocycles. The third-order valence-corrected chi connectivity index (χ3v) is 2.83. The number of hydrogen-bond donors (Lipinski definition) is 2. The molecule has 4 nitrogen and oxygen atoms in total. The highest BCUT2D eigenvalue weighted by atomic mass is 15.1. The van der Waals surface area contributed by atoms with Gasteiger partial charge in [-0.1, -0.05) is 0 Å². The van der Waals surface area contributed by atoms with E-state index < -0.39 is 0 Å². The first kappa shape index (κ1) is 11.0. The third kappa shape index (κ3) is 1.88. The first-order chi connectivity index (χ1) is 7.74. The zero-order valence-electron chi connectivity index (χ0n) is 10.0. The van der Waals surface area contributed by atoms with E-state index in [1.165, 1.54) is 11.3 Å². The van der Waals surface area contributed by atoms with Crippen LogP contribution in [-0.2, 0) is 13.5 Å². The van der Waals surface area contributed by atoms with Gasteiger partial charge in [-0.25, -0.2) is 4.98 Å². The summed E-state index contributed by atoms with van der Waals surface area (Å²) in [6.07, 6.45) is 4.90. The van der Waals surface area contributed by atoms with E-state index in [2.05, 4.69) is 39.9 Å². The van der Waals surface area contributed by atoms with Crippen molar-refractivity contribution in [1.82, 2.24) is 19.9 Å². The van der Waals surface area contributed by atoms with Gasteiger partial charge in [-0.15, -0.1) is 0 Å². The predicted molar refractivity (Wildman–Crippen MR) is 65.4 cm³/mol. The predicted octanol–water partition coefficient (Wildman–Crippen LogP) is 1.49. The summed E-state index contributed by atoms with van der Waals surface area (Å²) in [5, 5.41) is 3.15. The number of rotatable bonds is 4. The van der Waals surface area contributed by atoms with Crippen LogP contribution < -0.4 is 5.32 Å². The number of likely N-dealkylation sites (N-methyl/N-ethyl adjacent to an activating group) is 1. The number of imidazole rings is 1. The standard InChI is InChI=1S/C12H18N4/c1-9-12(10-4-7-14-8-10)16(3)11(15-9)5-6-13-2/h4,7-8,13-14H,5-6H2,1-3H3. The van der Waals surface area contributed by atoms with E-state index in [1.54, 1.807) is 0 Å². The van der Waals surface area contributed by atoms with Crippen LogP contribution in [0.5, 0.6) is 0 Å². The number of nitrogens with zero attached hydrogens (tertiary/aromatic N) is 2. The van der Waals surface area contributed by atoms with Crippen LogP contribution in [0.1, 0.15) is 11.5 Å². The Balaban J connectivity index is 2.36. The average molecular weight is 218 g/mol. The molecule has 0 bridgehead atoms. The van der Waals surface area contributed by atoms with Crippen molar-refractivity contribution in [3.63, 3.8) is 0 Å². The summed E-state index contributed by atoms with van der Waals surface area (Å²) in [5.74, 6) is 1.13. The molecule has 0 unspecified atom stereocenters. The smallest absolute Gasteiger partial charge is 0.110 e. The Kier molecular flexibility index (Phi) is 3.10. The van der Waals surface area contributed by atoms with Crippen molar-refractivity contribution >= 4 is 0 Å². The van der Waals surface area contributed by atoms with Gasteiger partial charge < -0.3 is 14.9 Å². The van der Waals surface area contributed by atoms with Gasteiger partial charge in [-0.2, -0.15) is 0 Å². The molecule has 0 fully saturated rings. The first-order valence-electron chi connectivity index (χ1n) is 5.54. The van der Waals surface area contributed by atoms with Crippen LogP contribution in [0.2, 0.25) is 0 Å². The van der Waals surface area contributed by atoms with Crippen LogP contribution in [-0.4, -0.2) is 28.1 Å². The lowest BCUT2D eigenvalue weighted by molar-refractivity contribution is 0.720. The topological polar surface area (TPSA) is 45.6 Å². The fraction of sp³-hybridized carbons (Fsp3) is 0.417. The molecule has 4 heteroatoms. The molecule has 0 aliphatic rings. The monoisotopic (exact) mass is 218 g/mol. The highest BCUT2D eigenvalue weighted by Gasteiger charge is 2.12. The Morgan fingerprint density at radius 2 is 2.31 bits per heavy atom. The van der Waals surface area contributed by atoms with Crippen LogP contribution in [0, 0.1) is 6.92 Å². The molecule has 2 aromatic heterocycles. The minimum absolute atomic E-state index is 0.955. The molecule has 2 rings (SSSR count). The largest absolute Gasteiger partial charge is 0.367 e. The van der Waals surface area contributed by atoms with Crippen LogP contribution >= 0.6 is 0 Å². The average Bonchev–Trinajstić information content (AvgIpc) is 2.85. The fourth-order valence-electron chi connectivity index (χ4n) is 2.03. The van der Waals surface area contributed by atoms with Gasteiger partial charge in [-0.3, -0.25) is 0 Å². The van der Waals surface area contributed by atoms with Crippen molar-refractivity contribution in [2.24, 2.45) is 7.05 Å². The molecule has 0 saturated carbocycles. The maximum Gasteiger partial charge on any atom is 0.110 e. The molecule has 2 aromatic rings. The molecule has 0 saturated heterocycles. The fourth-order valence-corrected chi connectivity index (χ4v) is 2.03. The summed E-state index contributed by atoms with van der Waals surface area (Å²) in [6.45, 7) is 3.02. The number of aromatic amines is 1. The Labute approximate surface area is 95.7 Å².